The molecule has 0 aromatic heterocycles. The zero-order valence-electron chi connectivity index (χ0n) is 9.26. The van der Waals surface area contributed by atoms with Crippen LogP contribution in [0.4, 0.5) is 0 Å². The van der Waals surface area contributed by atoms with Gasteiger partial charge in [-0.05, 0) is 17.7 Å². The van der Waals surface area contributed by atoms with Crippen LogP contribution in [0.5, 0.6) is 5.75 Å². The van der Waals surface area contributed by atoms with Gasteiger partial charge in [0.25, 0.3) is 0 Å². The van der Waals surface area contributed by atoms with Crippen LogP contribution < -0.4 is 5.32 Å². The summed E-state index contributed by atoms with van der Waals surface area (Å²) in [6.07, 6.45) is 0. The Morgan fingerprint density at radius 3 is 2.69 bits per heavy atom. The zero-order chi connectivity index (χ0) is 11.4. The second kappa shape index (κ2) is 5.30. The van der Waals surface area contributed by atoms with Gasteiger partial charge in [0, 0.05) is 26.2 Å². The van der Waals surface area contributed by atoms with Gasteiger partial charge in [0.2, 0.25) is 0 Å². The summed E-state index contributed by atoms with van der Waals surface area (Å²) in [6.45, 7) is 3.86. The van der Waals surface area contributed by atoms with Crippen molar-refractivity contribution in [1.82, 2.24) is 10.2 Å². The van der Waals surface area contributed by atoms with Gasteiger partial charge in [-0.2, -0.15) is 0 Å². The number of hydrogen-bond donors (Lipinski definition) is 3. The molecule has 1 fully saturated rings. The highest BCUT2D eigenvalue weighted by atomic mass is 16.3. The van der Waals surface area contributed by atoms with Gasteiger partial charge < -0.3 is 15.5 Å². The Morgan fingerprint density at radius 1 is 1.31 bits per heavy atom. The molecule has 1 saturated heterocycles. The number of hydrogen-bond acceptors (Lipinski definition) is 4. The Bertz CT molecular complexity index is 338. The van der Waals surface area contributed by atoms with E-state index in [0.29, 0.717) is 0 Å². The number of phenolic OH excluding ortho intramolecular Hbond substituents is 1. The maximum absolute atomic E-state index is 9.48. The van der Waals surface area contributed by atoms with Crippen LogP contribution in [0.2, 0.25) is 0 Å². The number of rotatable bonds is 3. The summed E-state index contributed by atoms with van der Waals surface area (Å²) < 4.78 is 0. The largest absolute Gasteiger partial charge is 0.508 e. The highest BCUT2D eigenvalue weighted by molar-refractivity contribution is 5.29. The summed E-state index contributed by atoms with van der Waals surface area (Å²) in [6, 6.07) is 7.13. The van der Waals surface area contributed by atoms with Crippen LogP contribution in [0.25, 0.3) is 0 Å². The van der Waals surface area contributed by atoms with Crippen molar-refractivity contribution in [3.05, 3.63) is 29.8 Å². The maximum atomic E-state index is 9.48. The van der Waals surface area contributed by atoms with E-state index in [0.717, 1.165) is 31.7 Å². The quantitative estimate of drug-likeness (QED) is 0.690. The third kappa shape index (κ3) is 2.52. The van der Waals surface area contributed by atoms with Crippen LogP contribution in [0.1, 0.15) is 11.6 Å². The fourth-order valence-electron chi connectivity index (χ4n) is 2.16. The molecular formula is C12H18N2O2. The maximum Gasteiger partial charge on any atom is 0.115 e. The van der Waals surface area contributed by atoms with E-state index in [1.54, 1.807) is 12.1 Å². The van der Waals surface area contributed by atoms with Crippen molar-refractivity contribution in [3.63, 3.8) is 0 Å². The van der Waals surface area contributed by atoms with Crippen LogP contribution in [-0.4, -0.2) is 47.9 Å². The first-order valence-corrected chi connectivity index (χ1v) is 5.66. The van der Waals surface area contributed by atoms with Gasteiger partial charge in [0.15, 0.2) is 0 Å². The van der Waals surface area contributed by atoms with Crippen molar-refractivity contribution in [2.75, 3.05) is 32.8 Å². The first kappa shape index (κ1) is 11.4. The molecule has 4 nitrogen and oxygen atoms in total. The molecule has 0 bridgehead atoms. The topological polar surface area (TPSA) is 55.7 Å². The number of nitrogens with one attached hydrogen (secondary N) is 1. The highest BCUT2D eigenvalue weighted by Gasteiger charge is 2.21. The molecule has 1 atom stereocenters. The Kier molecular flexibility index (Phi) is 3.77. The Hall–Kier alpha value is -1.10. The summed E-state index contributed by atoms with van der Waals surface area (Å²) in [5.41, 5.74) is 0.976. The molecule has 1 aromatic rings. The smallest absolute Gasteiger partial charge is 0.115 e. The lowest BCUT2D eigenvalue weighted by molar-refractivity contribution is 0.110. The lowest BCUT2D eigenvalue weighted by Gasteiger charge is -2.34. The number of aliphatic hydroxyl groups excluding tert-OH is 1. The molecule has 0 spiro atoms. The molecule has 1 heterocycles. The van der Waals surface area contributed by atoms with E-state index < -0.39 is 0 Å². The van der Waals surface area contributed by atoms with Gasteiger partial charge in [-0.3, -0.25) is 4.90 Å². The van der Waals surface area contributed by atoms with Crippen molar-refractivity contribution >= 4 is 0 Å². The standard InChI is InChI=1S/C12H18N2O2/c15-9-12(14-6-4-13-5-7-14)10-2-1-3-11(16)8-10/h1-3,8,12-13,15-16H,4-7,9H2/t12-/m0/s1. The molecule has 3 N–H and O–H groups in total. The second-order valence-electron chi connectivity index (χ2n) is 4.08. The lowest BCUT2D eigenvalue weighted by Crippen LogP contribution is -2.46. The van der Waals surface area contributed by atoms with E-state index in [-0.39, 0.29) is 18.4 Å². The van der Waals surface area contributed by atoms with Crippen molar-refractivity contribution < 1.29 is 10.2 Å². The molecule has 1 aliphatic rings. The minimum Gasteiger partial charge on any atom is -0.508 e. The van der Waals surface area contributed by atoms with E-state index in [1.165, 1.54) is 0 Å². The Labute approximate surface area is 95.5 Å². The summed E-state index contributed by atoms with van der Waals surface area (Å²) in [4.78, 5) is 2.24. The van der Waals surface area contributed by atoms with Crippen molar-refractivity contribution in [2.24, 2.45) is 0 Å². The van der Waals surface area contributed by atoms with Crippen LogP contribution in [0, 0.1) is 0 Å². The fraction of sp³-hybridized carbons (Fsp3) is 0.500. The van der Waals surface area contributed by atoms with E-state index in [4.69, 9.17) is 0 Å². The molecule has 0 radical (unpaired) electrons. The SMILES string of the molecule is OC[C@@H](c1cccc(O)c1)N1CCNCC1. The third-order valence-electron chi connectivity index (χ3n) is 3.02. The molecule has 88 valence electrons. The molecule has 4 heteroatoms. The molecular weight excluding hydrogens is 204 g/mol. The number of piperazine rings is 1. The molecule has 0 amide bonds. The zero-order valence-corrected chi connectivity index (χ0v) is 9.26. The molecule has 16 heavy (non-hydrogen) atoms. The van der Waals surface area contributed by atoms with Gasteiger partial charge in [-0.15, -0.1) is 0 Å². The summed E-state index contributed by atoms with van der Waals surface area (Å²) in [5, 5.41) is 22.2. The van der Waals surface area contributed by atoms with Gasteiger partial charge in [-0.1, -0.05) is 12.1 Å². The predicted molar refractivity (Wildman–Crippen MR) is 62.4 cm³/mol. The monoisotopic (exact) mass is 222 g/mol. The van der Waals surface area contributed by atoms with Crippen molar-refractivity contribution in [1.29, 1.82) is 0 Å². The average molecular weight is 222 g/mol. The summed E-state index contributed by atoms with van der Waals surface area (Å²) in [5.74, 6) is 0.256. The Balaban J connectivity index is 2.14. The van der Waals surface area contributed by atoms with Gasteiger partial charge in [0.1, 0.15) is 5.75 Å². The van der Waals surface area contributed by atoms with Gasteiger partial charge >= 0.3 is 0 Å². The third-order valence-corrected chi connectivity index (χ3v) is 3.02. The van der Waals surface area contributed by atoms with Crippen LogP contribution >= 0.6 is 0 Å². The fourth-order valence-corrected chi connectivity index (χ4v) is 2.16. The number of aliphatic hydroxyl groups is 1. The van der Waals surface area contributed by atoms with E-state index in [1.807, 2.05) is 12.1 Å². The molecule has 0 saturated carbocycles. The predicted octanol–water partition coefficient (Wildman–Crippen LogP) is 0.331. The van der Waals surface area contributed by atoms with Crippen molar-refractivity contribution in [3.8, 4) is 5.75 Å². The first-order valence-electron chi connectivity index (χ1n) is 5.66. The van der Waals surface area contributed by atoms with E-state index in [2.05, 4.69) is 10.2 Å². The molecule has 2 rings (SSSR count). The second-order valence-corrected chi connectivity index (χ2v) is 4.08. The molecule has 0 unspecified atom stereocenters. The van der Waals surface area contributed by atoms with E-state index in [9.17, 15) is 10.2 Å². The minimum absolute atomic E-state index is 0.00537. The highest BCUT2D eigenvalue weighted by Crippen LogP contribution is 2.23. The lowest BCUT2D eigenvalue weighted by atomic mass is 10.0. The normalized spacial score (nSPS) is 19.6. The van der Waals surface area contributed by atoms with Crippen LogP contribution in [0.15, 0.2) is 24.3 Å². The molecule has 1 aliphatic heterocycles. The number of benzene rings is 1. The molecule has 0 aliphatic carbocycles. The first-order chi connectivity index (χ1) is 7.81. The van der Waals surface area contributed by atoms with Gasteiger partial charge in [0.05, 0.1) is 12.6 Å². The van der Waals surface area contributed by atoms with Crippen LogP contribution in [0.3, 0.4) is 0 Å². The average Bonchev–Trinajstić information content (AvgIpc) is 2.31. The minimum atomic E-state index is -0.00537. The number of nitrogens with zero attached hydrogens (tertiary/aromatic N) is 1. The molecule has 1 aromatic carbocycles. The van der Waals surface area contributed by atoms with Gasteiger partial charge in [-0.25, -0.2) is 0 Å². The van der Waals surface area contributed by atoms with E-state index >= 15 is 0 Å². The summed E-state index contributed by atoms with van der Waals surface area (Å²) in [7, 11) is 0. The Morgan fingerprint density at radius 2 is 2.06 bits per heavy atom. The number of phenols is 1. The van der Waals surface area contributed by atoms with Crippen molar-refractivity contribution in [2.45, 2.75) is 6.04 Å². The number of aromatic hydroxyl groups is 1. The summed E-state index contributed by atoms with van der Waals surface area (Å²) >= 11 is 0. The van der Waals surface area contributed by atoms with Crippen LogP contribution in [-0.2, 0) is 0 Å².